The first-order valence-electron chi connectivity index (χ1n) is 13.3. The molecule has 0 aliphatic carbocycles. The highest BCUT2D eigenvalue weighted by molar-refractivity contribution is 8.00. The molecule has 1 aromatic carbocycles. The van der Waals surface area contributed by atoms with Gasteiger partial charge in [-0.1, -0.05) is 12.0 Å². The number of thioether (sulfide) groups is 1. The van der Waals surface area contributed by atoms with E-state index in [1.165, 1.54) is 13.1 Å². The number of furan rings is 1. The van der Waals surface area contributed by atoms with Gasteiger partial charge in [-0.05, 0) is 68.3 Å². The lowest BCUT2D eigenvalue weighted by molar-refractivity contribution is -0.207. The number of nitrogens with zero attached hydrogens (tertiary/aromatic N) is 2. The van der Waals surface area contributed by atoms with Gasteiger partial charge >= 0.3 is 11.7 Å². The van der Waals surface area contributed by atoms with Gasteiger partial charge in [0, 0.05) is 24.5 Å². The zero-order chi connectivity index (χ0) is 31.1. The Hall–Kier alpha value is -3.35. The van der Waals surface area contributed by atoms with E-state index in [1.807, 2.05) is 11.9 Å². The number of aliphatic hydroxyl groups excluding tert-OH is 1. The number of aliphatic hydroxyl groups is 1. The third-order valence-corrected chi connectivity index (χ3v) is 8.45. The van der Waals surface area contributed by atoms with Gasteiger partial charge in [0.15, 0.2) is 29.0 Å². The number of benzene rings is 1. The fourth-order valence-corrected chi connectivity index (χ4v) is 6.24. The number of halogens is 7. The molecule has 3 aromatic rings. The van der Waals surface area contributed by atoms with Gasteiger partial charge < -0.3 is 24.9 Å². The number of ether oxygens (including phenoxy) is 1. The van der Waals surface area contributed by atoms with Crippen LogP contribution >= 0.6 is 11.8 Å². The maximum atomic E-state index is 15.3. The van der Waals surface area contributed by atoms with Crippen molar-refractivity contribution >= 4 is 34.2 Å². The van der Waals surface area contributed by atoms with Gasteiger partial charge in [0.05, 0.1) is 22.3 Å². The molecule has 7 nitrogen and oxygen atoms in total. The van der Waals surface area contributed by atoms with Crippen molar-refractivity contribution in [3.8, 4) is 17.6 Å². The van der Waals surface area contributed by atoms with Gasteiger partial charge in [-0.2, -0.15) is 26.3 Å². The molecule has 4 heterocycles. The highest BCUT2D eigenvalue weighted by Gasteiger charge is 2.46. The average molecular weight is 633 g/mol. The maximum absolute atomic E-state index is 15.3. The minimum absolute atomic E-state index is 0.00350. The Labute approximate surface area is 246 Å². The molecule has 0 amide bonds. The molecule has 0 spiro atoms. The van der Waals surface area contributed by atoms with Crippen LogP contribution in [0.3, 0.4) is 0 Å². The van der Waals surface area contributed by atoms with Gasteiger partial charge in [-0.3, -0.25) is 4.90 Å². The lowest BCUT2D eigenvalue weighted by Crippen LogP contribution is -2.53. The first kappa shape index (κ1) is 31.1. The summed E-state index contributed by atoms with van der Waals surface area (Å²) in [5, 5.41) is 15.3. The zero-order valence-corrected chi connectivity index (χ0v) is 23.6. The van der Waals surface area contributed by atoms with Crippen molar-refractivity contribution in [3.05, 3.63) is 41.8 Å². The van der Waals surface area contributed by atoms with E-state index in [0.717, 1.165) is 25.0 Å². The molecule has 1 unspecified atom stereocenters. The Morgan fingerprint density at radius 1 is 1.19 bits per heavy atom. The number of hydrogen-bond acceptors (Lipinski definition) is 8. The van der Waals surface area contributed by atoms with Crippen LogP contribution in [0, 0.1) is 11.8 Å². The van der Waals surface area contributed by atoms with Crippen LogP contribution in [0.4, 0.5) is 42.2 Å². The van der Waals surface area contributed by atoms with Crippen molar-refractivity contribution in [3.63, 3.8) is 0 Å². The number of pyridine rings is 1. The van der Waals surface area contributed by atoms with Crippen LogP contribution in [0.15, 0.2) is 39.6 Å². The Morgan fingerprint density at radius 2 is 1.95 bits per heavy atom. The molecular weight excluding hydrogens is 605 g/mol. The molecule has 3 N–H and O–H groups in total. The molecule has 5 rings (SSSR count). The number of nitrogens with one attached hydrogen (secondary N) is 2. The number of anilines is 2. The van der Waals surface area contributed by atoms with Gasteiger partial charge in [0.2, 0.25) is 0 Å². The SMILES string of the molecule is CNc1nc(C(O)C(F)(F)F)ccc1OCC#Cc1oc2c(N[C@@H]3C[C@H]4CC[C@@H]([C@@H]3F)N4C)cccc2c1SC(F)(F)F. The molecule has 2 bridgehead atoms. The fraction of sp³-hybridized carbons (Fsp3) is 0.464. The molecule has 5 atom stereocenters. The Kier molecular flexibility index (Phi) is 8.65. The summed E-state index contributed by atoms with van der Waals surface area (Å²) in [5.74, 6) is 4.74. The molecule has 2 saturated heterocycles. The summed E-state index contributed by atoms with van der Waals surface area (Å²) >= 11 is -0.385. The summed E-state index contributed by atoms with van der Waals surface area (Å²) in [6.07, 6.45) is -6.72. The fourth-order valence-electron chi connectivity index (χ4n) is 5.56. The van der Waals surface area contributed by atoms with Crippen LogP contribution in [0.1, 0.15) is 36.8 Å². The maximum Gasteiger partial charge on any atom is 0.446 e. The number of alkyl halides is 7. The average Bonchev–Trinajstić information content (AvgIpc) is 3.42. The molecule has 0 saturated carbocycles. The summed E-state index contributed by atoms with van der Waals surface area (Å²) < 4.78 is 106. The monoisotopic (exact) mass is 632 g/mol. The van der Waals surface area contributed by atoms with E-state index < -0.39 is 35.7 Å². The Balaban J connectivity index is 1.38. The normalized spacial score (nSPS) is 23.1. The predicted octanol–water partition coefficient (Wildman–Crippen LogP) is 6.49. The largest absolute Gasteiger partial charge is 0.477 e. The molecule has 232 valence electrons. The Bertz CT molecular complexity index is 1530. The minimum Gasteiger partial charge on any atom is -0.477 e. The van der Waals surface area contributed by atoms with Crippen molar-refractivity contribution in [2.45, 2.75) is 66.2 Å². The predicted molar refractivity (Wildman–Crippen MR) is 147 cm³/mol. The standard InChI is InChI=1S/C28H27F7N4O3S/c1-36-26-21(11-9-17(38-26)25(40)27(30,31)32)41-12-4-7-20-24(43-28(33,34)35)15-5-3-6-16(23(15)42-20)37-18-13-14-8-10-19(22(18)29)39(14)2/h3,5-6,9,11,14,18-19,22,25,37,40H,8,10,12-13H2,1-2H3,(H,36,38)/t14-,18-,19+,22-,25?/m1/s1. The van der Waals surface area contributed by atoms with Crippen molar-refractivity contribution in [2.75, 3.05) is 31.3 Å². The van der Waals surface area contributed by atoms with Crippen molar-refractivity contribution in [1.29, 1.82) is 0 Å². The van der Waals surface area contributed by atoms with Gasteiger partial charge in [-0.15, -0.1) is 0 Å². The van der Waals surface area contributed by atoms with E-state index >= 15 is 4.39 Å². The second-order valence-electron chi connectivity index (χ2n) is 10.3. The van der Waals surface area contributed by atoms with E-state index in [0.29, 0.717) is 12.1 Å². The molecule has 0 radical (unpaired) electrons. The lowest BCUT2D eigenvalue weighted by atomic mass is 9.95. The number of para-hydroxylation sites is 1. The van der Waals surface area contributed by atoms with E-state index in [9.17, 15) is 31.4 Å². The molecular formula is C28H27F7N4O3S. The van der Waals surface area contributed by atoms with Crippen LogP contribution in [-0.2, 0) is 0 Å². The van der Waals surface area contributed by atoms with Crippen LogP contribution in [0.5, 0.6) is 5.75 Å². The Morgan fingerprint density at radius 3 is 2.65 bits per heavy atom. The molecule has 15 heteroatoms. The number of piperidine rings is 1. The van der Waals surface area contributed by atoms with Crippen molar-refractivity contribution in [2.24, 2.45) is 0 Å². The van der Waals surface area contributed by atoms with E-state index in [2.05, 4.69) is 27.5 Å². The van der Waals surface area contributed by atoms with Gasteiger partial charge in [0.1, 0.15) is 12.8 Å². The molecule has 2 aromatic heterocycles. The highest BCUT2D eigenvalue weighted by Crippen LogP contribution is 2.45. The lowest BCUT2D eigenvalue weighted by Gasteiger charge is -2.39. The van der Waals surface area contributed by atoms with Crippen molar-refractivity contribution < 1.29 is 45.0 Å². The molecule has 2 aliphatic rings. The summed E-state index contributed by atoms with van der Waals surface area (Å²) in [6, 6.07) is 6.18. The minimum atomic E-state index is -4.92. The third kappa shape index (κ3) is 6.61. The third-order valence-electron chi connectivity index (χ3n) is 7.61. The van der Waals surface area contributed by atoms with Crippen LogP contribution in [0.2, 0.25) is 0 Å². The van der Waals surface area contributed by atoms with Gasteiger partial charge in [0.25, 0.3) is 0 Å². The van der Waals surface area contributed by atoms with Gasteiger partial charge in [-0.25, -0.2) is 9.37 Å². The number of rotatable bonds is 7. The topological polar surface area (TPSA) is 82.8 Å². The second-order valence-corrected chi connectivity index (χ2v) is 11.3. The van der Waals surface area contributed by atoms with Crippen LogP contribution < -0.4 is 15.4 Å². The highest BCUT2D eigenvalue weighted by atomic mass is 32.2. The first-order chi connectivity index (χ1) is 20.3. The van der Waals surface area contributed by atoms with Crippen molar-refractivity contribution in [1.82, 2.24) is 9.88 Å². The van der Waals surface area contributed by atoms with E-state index in [4.69, 9.17) is 9.15 Å². The number of fused-ring (bicyclic) bond motifs is 3. The zero-order valence-electron chi connectivity index (χ0n) is 22.8. The summed E-state index contributed by atoms with van der Waals surface area (Å²) in [5.41, 5.74) is -4.84. The summed E-state index contributed by atoms with van der Waals surface area (Å²) in [4.78, 5) is 5.50. The quantitative estimate of drug-likeness (QED) is 0.155. The smallest absolute Gasteiger partial charge is 0.446 e. The summed E-state index contributed by atoms with van der Waals surface area (Å²) in [7, 11) is 3.28. The van der Waals surface area contributed by atoms with E-state index in [-0.39, 0.29) is 63.6 Å². The number of hydrogen-bond donors (Lipinski definition) is 3. The molecule has 2 fully saturated rings. The first-order valence-corrected chi connectivity index (χ1v) is 14.1. The summed E-state index contributed by atoms with van der Waals surface area (Å²) in [6.45, 7) is -0.377. The van der Waals surface area contributed by atoms with E-state index in [1.54, 1.807) is 12.1 Å². The molecule has 2 aliphatic heterocycles. The van der Waals surface area contributed by atoms with Crippen LogP contribution in [0.25, 0.3) is 11.0 Å². The number of aromatic nitrogens is 1. The second kappa shape index (κ2) is 12.0. The van der Waals surface area contributed by atoms with Crippen LogP contribution in [-0.4, -0.2) is 71.7 Å². The molecule has 43 heavy (non-hydrogen) atoms.